The molecule has 1 amide bonds. The van der Waals surface area contributed by atoms with Gasteiger partial charge < -0.3 is 14.8 Å². The normalized spacial score (nSPS) is 14.1. The Morgan fingerprint density at radius 3 is 2.58 bits per heavy atom. The second-order valence-corrected chi connectivity index (χ2v) is 7.18. The van der Waals surface area contributed by atoms with Crippen LogP contribution in [0.1, 0.15) is 18.1 Å². The summed E-state index contributed by atoms with van der Waals surface area (Å²) < 4.78 is 11.1. The summed E-state index contributed by atoms with van der Waals surface area (Å²) in [5.74, 6) is 1.54. The Morgan fingerprint density at radius 2 is 1.83 bits per heavy atom. The number of aryl methyl sites for hydroxylation is 1. The van der Waals surface area contributed by atoms with Gasteiger partial charge in [-0.2, -0.15) is 0 Å². The van der Waals surface area contributed by atoms with Gasteiger partial charge in [0.1, 0.15) is 13.2 Å². The van der Waals surface area contributed by atoms with Crippen LogP contribution in [-0.2, 0) is 11.3 Å². The second-order valence-electron chi connectivity index (χ2n) is 5.77. The van der Waals surface area contributed by atoms with Gasteiger partial charge in [0.2, 0.25) is 5.91 Å². The molecule has 0 unspecified atom stereocenters. The average Bonchev–Trinajstić information content (AvgIpc) is 2.61. The molecule has 0 fully saturated rings. The Balaban J connectivity index is 1.55. The first-order valence-electron chi connectivity index (χ1n) is 8.01. The summed E-state index contributed by atoms with van der Waals surface area (Å²) >= 11 is 1.51. The quantitative estimate of drug-likeness (QED) is 0.843. The molecule has 0 radical (unpaired) electrons. The van der Waals surface area contributed by atoms with E-state index in [1.54, 1.807) is 0 Å². The molecular formula is C19H21NO3S. The van der Waals surface area contributed by atoms with Crippen LogP contribution >= 0.6 is 11.8 Å². The number of benzene rings is 2. The molecule has 0 saturated carbocycles. The monoisotopic (exact) mass is 343 g/mol. The largest absolute Gasteiger partial charge is 0.486 e. The van der Waals surface area contributed by atoms with E-state index in [-0.39, 0.29) is 11.2 Å². The summed E-state index contributed by atoms with van der Waals surface area (Å²) in [6, 6.07) is 14.0. The van der Waals surface area contributed by atoms with Gasteiger partial charge in [-0.1, -0.05) is 29.8 Å². The summed E-state index contributed by atoms with van der Waals surface area (Å²) in [4.78, 5) is 13.3. The van der Waals surface area contributed by atoms with Crippen molar-refractivity contribution in [3.8, 4) is 11.5 Å². The number of rotatable bonds is 5. The van der Waals surface area contributed by atoms with Crippen molar-refractivity contribution in [2.75, 3.05) is 13.2 Å². The lowest BCUT2D eigenvalue weighted by Gasteiger charge is -2.19. The maximum Gasteiger partial charge on any atom is 0.233 e. The highest BCUT2D eigenvalue weighted by Crippen LogP contribution is 2.35. The molecule has 1 aliphatic rings. The zero-order valence-corrected chi connectivity index (χ0v) is 14.7. The summed E-state index contributed by atoms with van der Waals surface area (Å²) in [5, 5.41) is 2.80. The lowest BCUT2D eigenvalue weighted by Crippen LogP contribution is -2.30. The summed E-state index contributed by atoms with van der Waals surface area (Å²) in [7, 11) is 0. The standard InChI is InChI=1S/C19H21NO3S/c1-13-3-5-15(6-4-13)12-20-19(21)14(2)24-16-7-8-17-18(11-16)23-10-9-22-17/h3-8,11,14H,9-10,12H2,1-2H3,(H,20,21)/t14-/m1/s1. The summed E-state index contributed by atoms with van der Waals surface area (Å²) in [6.07, 6.45) is 0. The minimum atomic E-state index is -0.182. The Morgan fingerprint density at radius 1 is 1.12 bits per heavy atom. The van der Waals surface area contributed by atoms with Crippen LogP contribution in [0, 0.1) is 6.92 Å². The smallest absolute Gasteiger partial charge is 0.233 e. The Kier molecular flexibility index (Phi) is 5.30. The predicted octanol–water partition coefficient (Wildman–Crippen LogP) is 3.56. The minimum Gasteiger partial charge on any atom is -0.486 e. The molecule has 0 saturated heterocycles. The number of nitrogens with one attached hydrogen (secondary N) is 1. The highest BCUT2D eigenvalue weighted by atomic mass is 32.2. The lowest BCUT2D eigenvalue weighted by molar-refractivity contribution is -0.120. The second kappa shape index (κ2) is 7.62. The molecular weight excluding hydrogens is 322 g/mol. The van der Waals surface area contributed by atoms with Crippen LogP contribution < -0.4 is 14.8 Å². The third-order valence-electron chi connectivity index (χ3n) is 3.78. The van der Waals surface area contributed by atoms with E-state index in [2.05, 4.69) is 24.4 Å². The molecule has 0 bridgehead atoms. The fourth-order valence-electron chi connectivity index (χ4n) is 2.39. The van der Waals surface area contributed by atoms with Gasteiger partial charge in [0.15, 0.2) is 11.5 Å². The van der Waals surface area contributed by atoms with Gasteiger partial charge in [0, 0.05) is 11.4 Å². The Labute approximate surface area is 146 Å². The van der Waals surface area contributed by atoms with E-state index >= 15 is 0 Å². The highest BCUT2D eigenvalue weighted by Gasteiger charge is 2.17. The van der Waals surface area contributed by atoms with E-state index < -0.39 is 0 Å². The van der Waals surface area contributed by atoms with E-state index in [1.165, 1.54) is 17.3 Å². The molecule has 3 rings (SSSR count). The van der Waals surface area contributed by atoms with E-state index in [0.29, 0.717) is 19.8 Å². The SMILES string of the molecule is Cc1ccc(CNC(=O)[C@@H](C)Sc2ccc3c(c2)OCCO3)cc1. The van der Waals surface area contributed by atoms with Crippen LogP contribution in [0.2, 0.25) is 0 Å². The Hall–Kier alpha value is -2.14. The van der Waals surface area contributed by atoms with Gasteiger partial charge in [-0.25, -0.2) is 0 Å². The van der Waals surface area contributed by atoms with Gasteiger partial charge in [-0.15, -0.1) is 11.8 Å². The molecule has 126 valence electrons. The summed E-state index contributed by atoms with van der Waals surface area (Å²) in [6.45, 7) is 5.65. The predicted molar refractivity (Wildman–Crippen MR) is 95.8 cm³/mol. The number of fused-ring (bicyclic) bond motifs is 1. The molecule has 2 aromatic rings. The van der Waals surface area contributed by atoms with Crippen LogP contribution in [-0.4, -0.2) is 24.4 Å². The van der Waals surface area contributed by atoms with Crippen LogP contribution in [0.3, 0.4) is 0 Å². The molecule has 4 nitrogen and oxygen atoms in total. The third-order valence-corrected chi connectivity index (χ3v) is 4.88. The van der Waals surface area contributed by atoms with Crippen molar-refractivity contribution in [1.29, 1.82) is 0 Å². The molecule has 5 heteroatoms. The molecule has 0 aromatic heterocycles. The zero-order valence-electron chi connectivity index (χ0n) is 13.9. The van der Waals surface area contributed by atoms with Crippen molar-refractivity contribution in [3.63, 3.8) is 0 Å². The van der Waals surface area contributed by atoms with Gasteiger partial charge in [0.25, 0.3) is 0 Å². The van der Waals surface area contributed by atoms with Crippen molar-refractivity contribution in [1.82, 2.24) is 5.32 Å². The van der Waals surface area contributed by atoms with Crippen molar-refractivity contribution >= 4 is 17.7 Å². The van der Waals surface area contributed by atoms with E-state index in [1.807, 2.05) is 37.3 Å². The highest BCUT2D eigenvalue weighted by molar-refractivity contribution is 8.00. The van der Waals surface area contributed by atoms with Crippen molar-refractivity contribution in [3.05, 3.63) is 53.6 Å². The van der Waals surface area contributed by atoms with Gasteiger partial charge in [-0.3, -0.25) is 4.79 Å². The van der Waals surface area contributed by atoms with Crippen LogP contribution in [0.4, 0.5) is 0 Å². The fraction of sp³-hybridized carbons (Fsp3) is 0.316. The number of carbonyl (C=O) groups excluding carboxylic acids is 1. The molecule has 0 spiro atoms. The maximum absolute atomic E-state index is 12.3. The number of hydrogen-bond donors (Lipinski definition) is 1. The van der Waals surface area contributed by atoms with Crippen LogP contribution in [0.15, 0.2) is 47.4 Å². The first-order valence-corrected chi connectivity index (χ1v) is 8.89. The van der Waals surface area contributed by atoms with Crippen molar-refractivity contribution in [2.24, 2.45) is 0 Å². The number of ether oxygens (including phenoxy) is 2. The number of carbonyl (C=O) groups is 1. The summed E-state index contributed by atoms with van der Waals surface area (Å²) in [5.41, 5.74) is 2.32. The van der Waals surface area contributed by atoms with E-state index in [9.17, 15) is 4.79 Å². The van der Waals surface area contributed by atoms with E-state index in [4.69, 9.17) is 9.47 Å². The van der Waals surface area contributed by atoms with Gasteiger partial charge in [0.05, 0.1) is 5.25 Å². The third kappa shape index (κ3) is 4.23. The Bertz CT molecular complexity index is 715. The topological polar surface area (TPSA) is 47.6 Å². The zero-order chi connectivity index (χ0) is 16.9. The molecule has 1 atom stereocenters. The molecule has 1 aliphatic heterocycles. The molecule has 0 aliphatic carbocycles. The van der Waals surface area contributed by atoms with Gasteiger partial charge >= 0.3 is 0 Å². The van der Waals surface area contributed by atoms with Crippen LogP contribution in [0.5, 0.6) is 11.5 Å². The maximum atomic E-state index is 12.3. The van der Waals surface area contributed by atoms with Crippen molar-refractivity contribution in [2.45, 2.75) is 30.5 Å². The van der Waals surface area contributed by atoms with Crippen molar-refractivity contribution < 1.29 is 14.3 Å². The van der Waals surface area contributed by atoms with Crippen LogP contribution in [0.25, 0.3) is 0 Å². The molecule has 24 heavy (non-hydrogen) atoms. The first-order chi connectivity index (χ1) is 11.6. The van der Waals surface area contributed by atoms with Gasteiger partial charge in [-0.05, 0) is 37.6 Å². The minimum absolute atomic E-state index is 0.0236. The molecule has 1 heterocycles. The molecule has 1 N–H and O–H groups in total. The fourth-order valence-corrected chi connectivity index (χ4v) is 3.31. The number of hydrogen-bond acceptors (Lipinski definition) is 4. The van der Waals surface area contributed by atoms with E-state index in [0.717, 1.165) is 22.0 Å². The first kappa shape index (κ1) is 16.7. The molecule has 2 aromatic carbocycles. The average molecular weight is 343 g/mol. The lowest BCUT2D eigenvalue weighted by atomic mass is 10.1. The number of amides is 1. The number of thioether (sulfide) groups is 1.